The van der Waals surface area contributed by atoms with Gasteiger partial charge in [-0.25, -0.2) is 17.1 Å². The highest BCUT2D eigenvalue weighted by atomic mass is 35.5. The Bertz CT molecular complexity index is 1410. The first-order valence-corrected chi connectivity index (χ1v) is 13.9. The van der Waals surface area contributed by atoms with Crippen molar-refractivity contribution >= 4 is 38.9 Å². The zero-order chi connectivity index (χ0) is 26.9. The molecule has 0 bridgehead atoms. The second kappa shape index (κ2) is 10.8. The highest BCUT2D eigenvalue weighted by Crippen LogP contribution is 2.34. The van der Waals surface area contributed by atoms with Gasteiger partial charge in [-0.2, -0.15) is 0 Å². The molecule has 2 aromatic carbocycles. The number of nitrogens with one attached hydrogen (secondary N) is 2. The lowest BCUT2D eigenvalue weighted by Gasteiger charge is -2.20. The third kappa shape index (κ3) is 6.30. The maximum absolute atomic E-state index is 13.8. The molecule has 1 saturated heterocycles. The fourth-order valence-corrected chi connectivity index (χ4v) is 5.44. The quantitative estimate of drug-likeness (QED) is 0.390. The lowest BCUT2D eigenvalue weighted by atomic mass is 10.0. The van der Waals surface area contributed by atoms with E-state index in [0.717, 1.165) is 11.1 Å². The van der Waals surface area contributed by atoms with Crippen LogP contribution in [0.3, 0.4) is 0 Å². The molecule has 1 fully saturated rings. The van der Waals surface area contributed by atoms with E-state index < -0.39 is 27.8 Å². The fraction of sp³-hybridized carbons (Fsp3) is 0.360. The monoisotopic (exact) mass is 549 g/mol. The zero-order valence-corrected chi connectivity index (χ0v) is 22.3. The summed E-state index contributed by atoms with van der Waals surface area (Å²) in [7, 11) is -3.29. The predicted octanol–water partition coefficient (Wildman–Crippen LogP) is 3.71. The number of amides is 1. The molecule has 1 aliphatic heterocycles. The van der Waals surface area contributed by atoms with E-state index in [1.165, 1.54) is 22.7 Å². The third-order valence-electron chi connectivity index (χ3n) is 6.36. The molecule has 2 heterocycles. The van der Waals surface area contributed by atoms with E-state index in [-0.39, 0.29) is 17.5 Å². The van der Waals surface area contributed by atoms with Crippen molar-refractivity contribution in [2.45, 2.75) is 38.8 Å². The maximum atomic E-state index is 13.8. The normalized spacial score (nSPS) is 17.1. The number of benzene rings is 2. The molecule has 0 radical (unpaired) electrons. The first-order valence-electron chi connectivity index (χ1n) is 11.7. The molecule has 1 amide bonds. The number of aryl methyl sites for hydroxylation is 2. The van der Waals surface area contributed by atoms with Crippen molar-refractivity contribution in [3.8, 4) is 11.1 Å². The molecule has 12 heteroatoms. The van der Waals surface area contributed by atoms with Crippen LogP contribution in [-0.4, -0.2) is 55.2 Å². The summed E-state index contributed by atoms with van der Waals surface area (Å²) < 4.78 is 44.4. The lowest BCUT2D eigenvalue weighted by molar-refractivity contribution is -0.117. The summed E-state index contributed by atoms with van der Waals surface area (Å²) in [6, 6.07) is 8.71. The summed E-state index contributed by atoms with van der Waals surface area (Å²) in [6.45, 7) is 4.37. The number of anilines is 2. The average Bonchev–Trinajstić information content (AvgIpc) is 3.43. The second-order valence-corrected chi connectivity index (χ2v) is 11.6. The van der Waals surface area contributed by atoms with Gasteiger partial charge >= 0.3 is 0 Å². The molecule has 9 nitrogen and oxygen atoms in total. The maximum Gasteiger partial charge on any atom is 0.241 e. The Morgan fingerprint density at radius 1 is 1.27 bits per heavy atom. The minimum Gasteiger partial charge on any atom is -0.379 e. The Morgan fingerprint density at radius 3 is 2.65 bits per heavy atom. The molecule has 1 unspecified atom stereocenters. The van der Waals surface area contributed by atoms with Gasteiger partial charge in [-0.05, 0) is 62.1 Å². The summed E-state index contributed by atoms with van der Waals surface area (Å²) >= 11 is 5.75. The molecule has 0 aliphatic carbocycles. The minimum atomic E-state index is -3.29. The number of hydrogen-bond donors (Lipinski definition) is 3. The average molecular weight is 550 g/mol. The molecule has 0 spiro atoms. The number of hydrogen-bond acceptors (Lipinski definition) is 7. The van der Waals surface area contributed by atoms with Crippen LogP contribution in [0.1, 0.15) is 23.4 Å². The number of aromatic nitrogens is 1. The van der Waals surface area contributed by atoms with Crippen molar-refractivity contribution < 1.29 is 22.1 Å². The van der Waals surface area contributed by atoms with Crippen LogP contribution >= 0.6 is 11.6 Å². The van der Waals surface area contributed by atoms with Crippen LogP contribution in [0.2, 0.25) is 5.02 Å². The summed E-state index contributed by atoms with van der Waals surface area (Å²) in [5.41, 5.74) is 10.1. The van der Waals surface area contributed by atoms with E-state index >= 15 is 0 Å². The molecule has 1 aliphatic rings. The molecule has 1 aromatic heterocycles. The smallest absolute Gasteiger partial charge is 0.241 e. The number of carbonyl (C=O) groups is 1. The van der Waals surface area contributed by atoms with E-state index in [1.54, 1.807) is 19.1 Å². The van der Waals surface area contributed by atoms with Crippen LogP contribution in [0, 0.1) is 19.7 Å². The van der Waals surface area contributed by atoms with Gasteiger partial charge in [-0.15, -0.1) is 0 Å². The lowest BCUT2D eigenvalue weighted by Crippen LogP contribution is -2.37. The number of sulfonamides is 1. The standard InChI is InChI=1S/C25H29ClFN5O4S/c1-14-24(15(2)36-31-14)17-5-7-22(29-18-8-9-32(13-18)37(3,34)35)23(12-17)30-25(33)21(28)11-16-4-6-19(26)20(27)10-16/h4-7,10,12,18,21,29H,8-9,11,13,28H2,1-3H3,(H,30,33)/t18?,21-/m0/s1. The Kier molecular flexibility index (Phi) is 7.88. The van der Waals surface area contributed by atoms with E-state index in [2.05, 4.69) is 15.8 Å². The SMILES string of the molecule is Cc1noc(C)c1-c1ccc(NC2CCN(S(C)(=O)=O)C2)c(NC(=O)[C@@H](N)Cc2ccc(Cl)c(F)c2)c1. The fourth-order valence-electron chi connectivity index (χ4n) is 4.43. The van der Waals surface area contributed by atoms with E-state index in [1.807, 2.05) is 19.1 Å². The third-order valence-corrected chi connectivity index (χ3v) is 7.93. The van der Waals surface area contributed by atoms with Crippen LogP contribution in [0.5, 0.6) is 0 Å². The van der Waals surface area contributed by atoms with Gasteiger partial charge in [0.1, 0.15) is 11.6 Å². The van der Waals surface area contributed by atoms with Crippen molar-refractivity contribution in [1.29, 1.82) is 0 Å². The van der Waals surface area contributed by atoms with Crippen LogP contribution in [0.4, 0.5) is 15.8 Å². The Labute approximate surface area is 220 Å². The second-order valence-electron chi connectivity index (χ2n) is 9.26. The van der Waals surface area contributed by atoms with E-state index in [0.29, 0.717) is 47.9 Å². The largest absolute Gasteiger partial charge is 0.379 e. The molecule has 4 rings (SSSR count). The molecular weight excluding hydrogens is 521 g/mol. The highest BCUT2D eigenvalue weighted by molar-refractivity contribution is 7.88. The van der Waals surface area contributed by atoms with Crippen molar-refractivity contribution in [3.05, 3.63) is 64.3 Å². The molecule has 0 saturated carbocycles. The van der Waals surface area contributed by atoms with E-state index in [9.17, 15) is 17.6 Å². The number of nitrogens with zero attached hydrogens (tertiary/aromatic N) is 2. The first kappa shape index (κ1) is 27.1. The number of halogens is 2. The summed E-state index contributed by atoms with van der Waals surface area (Å²) in [5.74, 6) is -0.403. The van der Waals surface area contributed by atoms with Crippen molar-refractivity contribution in [1.82, 2.24) is 9.46 Å². The predicted molar refractivity (Wildman–Crippen MR) is 142 cm³/mol. The minimum absolute atomic E-state index is 0.00465. The molecular formula is C25H29ClFN5O4S. The molecule has 37 heavy (non-hydrogen) atoms. The zero-order valence-electron chi connectivity index (χ0n) is 20.7. The van der Waals surface area contributed by atoms with Crippen LogP contribution in [0.15, 0.2) is 40.9 Å². The Balaban J connectivity index is 1.58. The van der Waals surface area contributed by atoms with Crippen molar-refractivity contribution in [2.24, 2.45) is 5.73 Å². The van der Waals surface area contributed by atoms with Gasteiger partial charge in [0.05, 0.1) is 34.4 Å². The van der Waals surface area contributed by atoms with Crippen molar-refractivity contribution in [3.63, 3.8) is 0 Å². The van der Waals surface area contributed by atoms with E-state index in [4.69, 9.17) is 21.9 Å². The van der Waals surface area contributed by atoms with Gasteiger partial charge in [-0.3, -0.25) is 4.79 Å². The van der Waals surface area contributed by atoms with Crippen LogP contribution in [-0.2, 0) is 21.2 Å². The Morgan fingerprint density at radius 2 is 2.03 bits per heavy atom. The molecule has 3 aromatic rings. The molecule has 4 N–H and O–H groups in total. The van der Waals surface area contributed by atoms with Crippen molar-refractivity contribution in [2.75, 3.05) is 30.0 Å². The van der Waals surface area contributed by atoms with Gasteiger partial charge < -0.3 is 20.9 Å². The first-order chi connectivity index (χ1) is 17.4. The topological polar surface area (TPSA) is 131 Å². The summed E-state index contributed by atoms with van der Waals surface area (Å²) in [6.07, 6.45) is 1.92. The number of carbonyl (C=O) groups excluding carboxylic acids is 1. The van der Waals surface area contributed by atoms with Crippen LogP contribution < -0.4 is 16.4 Å². The van der Waals surface area contributed by atoms with Gasteiger partial charge in [0.15, 0.2) is 0 Å². The van der Waals surface area contributed by atoms with Gasteiger partial charge in [0.25, 0.3) is 0 Å². The van der Waals surface area contributed by atoms with Gasteiger partial charge in [0.2, 0.25) is 15.9 Å². The van der Waals surface area contributed by atoms with Gasteiger partial charge in [-0.1, -0.05) is 28.9 Å². The number of rotatable bonds is 8. The number of nitrogens with two attached hydrogens (primary N) is 1. The van der Waals surface area contributed by atoms with Crippen LogP contribution in [0.25, 0.3) is 11.1 Å². The summed E-state index contributed by atoms with van der Waals surface area (Å²) in [5, 5.41) is 10.2. The highest BCUT2D eigenvalue weighted by Gasteiger charge is 2.29. The Hall–Kier alpha value is -2.99. The van der Waals surface area contributed by atoms with Gasteiger partial charge in [0, 0.05) is 24.7 Å². The molecule has 2 atom stereocenters. The molecule has 198 valence electrons. The summed E-state index contributed by atoms with van der Waals surface area (Å²) in [4.78, 5) is 13.1.